The van der Waals surface area contributed by atoms with Crippen LogP contribution in [-0.4, -0.2) is 15.0 Å². The highest BCUT2D eigenvalue weighted by Crippen LogP contribution is 2.23. The lowest BCUT2D eigenvalue weighted by atomic mass is 10.1. The van der Waals surface area contributed by atoms with Gasteiger partial charge in [0, 0.05) is 22.2 Å². The van der Waals surface area contributed by atoms with Crippen LogP contribution in [-0.2, 0) is 29.6 Å². The first-order valence-electron chi connectivity index (χ1n) is 9.29. The van der Waals surface area contributed by atoms with Crippen LogP contribution in [0.15, 0.2) is 71.6 Å². The Morgan fingerprint density at radius 1 is 0.903 bits per heavy atom. The number of rotatable bonds is 9. The van der Waals surface area contributed by atoms with Gasteiger partial charge in [0.2, 0.25) is 10.0 Å². The summed E-state index contributed by atoms with van der Waals surface area (Å²) in [6.07, 6.45) is 0.786. The van der Waals surface area contributed by atoms with Crippen LogP contribution in [0.2, 0.25) is 10.0 Å². The van der Waals surface area contributed by atoms with Crippen molar-refractivity contribution in [3.63, 3.8) is 0 Å². The molecule has 0 aliphatic rings. The van der Waals surface area contributed by atoms with Crippen molar-refractivity contribution >= 4 is 45.6 Å². The summed E-state index contributed by atoms with van der Waals surface area (Å²) in [4.78, 5) is 0.125. The largest absolute Gasteiger partial charge is 0.489 e. The maximum atomic E-state index is 11.3. The van der Waals surface area contributed by atoms with Crippen LogP contribution in [0.4, 0.5) is 0 Å². The first-order chi connectivity index (χ1) is 14.3. The second kappa shape index (κ2) is 11.7. The molecule has 0 unspecified atom stereocenters. The van der Waals surface area contributed by atoms with Crippen molar-refractivity contribution in [3.8, 4) is 5.75 Å². The molecule has 3 rings (SSSR count). The first kappa shape index (κ1) is 25.5. The highest BCUT2D eigenvalue weighted by atomic mass is 35.5. The number of sulfonamides is 1. The average molecular weight is 502 g/mol. The van der Waals surface area contributed by atoms with Crippen LogP contribution >= 0.6 is 35.6 Å². The second-order valence-corrected chi connectivity index (χ2v) is 9.19. The predicted molar refractivity (Wildman–Crippen MR) is 128 cm³/mol. The van der Waals surface area contributed by atoms with Crippen LogP contribution in [0.5, 0.6) is 5.75 Å². The van der Waals surface area contributed by atoms with Gasteiger partial charge in [0.05, 0.1) is 4.90 Å². The predicted octanol–water partition coefficient (Wildman–Crippen LogP) is 4.97. The Hall–Kier alpha value is -1.80. The summed E-state index contributed by atoms with van der Waals surface area (Å²) < 4.78 is 28.3. The number of primary sulfonamides is 1. The minimum atomic E-state index is -3.65. The average Bonchev–Trinajstić information content (AvgIpc) is 2.71. The summed E-state index contributed by atoms with van der Waals surface area (Å²) in [5.74, 6) is 0.764. The summed E-state index contributed by atoms with van der Waals surface area (Å²) in [5.41, 5.74) is 3.06. The Kier molecular flexibility index (Phi) is 9.62. The van der Waals surface area contributed by atoms with E-state index in [9.17, 15) is 8.42 Å². The summed E-state index contributed by atoms with van der Waals surface area (Å²) in [6.45, 7) is 1.86. The minimum absolute atomic E-state index is 0. The molecule has 0 saturated heterocycles. The van der Waals surface area contributed by atoms with Gasteiger partial charge in [0.15, 0.2) is 0 Å². The zero-order chi connectivity index (χ0) is 21.6. The molecule has 31 heavy (non-hydrogen) atoms. The molecule has 0 saturated carbocycles. The van der Waals surface area contributed by atoms with Crippen molar-refractivity contribution < 1.29 is 13.2 Å². The van der Waals surface area contributed by atoms with Gasteiger partial charge in [0.25, 0.3) is 0 Å². The normalized spacial score (nSPS) is 11.1. The Morgan fingerprint density at radius 3 is 2.16 bits per heavy atom. The molecule has 0 aliphatic heterocycles. The van der Waals surface area contributed by atoms with Gasteiger partial charge in [-0.2, -0.15) is 0 Å². The minimum Gasteiger partial charge on any atom is -0.489 e. The number of halogens is 3. The van der Waals surface area contributed by atoms with E-state index in [-0.39, 0.29) is 17.3 Å². The van der Waals surface area contributed by atoms with Gasteiger partial charge < -0.3 is 10.1 Å². The SMILES string of the molecule is Cl.NS(=O)(=O)c1ccc(CCNCc2ccc(OCc3ccc(Cl)cc3Cl)cc2)cc1. The molecular weight excluding hydrogens is 479 g/mol. The van der Waals surface area contributed by atoms with E-state index in [1.165, 1.54) is 12.1 Å². The van der Waals surface area contributed by atoms with Gasteiger partial charge in [0.1, 0.15) is 12.4 Å². The number of nitrogens with one attached hydrogen (secondary N) is 1. The molecule has 0 aromatic heterocycles. The molecule has 0 heterocycles. The molecule has 5 nitrogen and oxygen atoms in total. The molecule has 9 heteroatoms. The van der Waals surface area contributed by atoms with E-state index in [0.717, 1.165) is 42.0 Å². The van der Waals surface area contributed by atoms with Crippen LogP contribution in [0.3, 0.4) is 0 Å². The molecule has 3 aromatic rings. The molecule has 0 amide bonds. The molecule has 0 radical (unpaired) electrons. The van der Waals surface area contributed by atoms with Crippen LogP contribution in [0.1, 0.15) is 16.7 Å². The quantitative estimate of drug-likeness (QED) is 0.405. The van der Waals surface area contributed by atoms with Gasteiger partial charge in [-0.1, -0.05) is 53.5 Å². The standard InChI is InChI=1S/C22H22Cl2N2O3S.ClH/c23-19-6-5-18(22(24)13-19)15-29-20-7-1-17(2-8-20)14-26-12-11-16-3-9-21(10-4-16)30(25,27)28;/h1-10,13,26H,11-12,14-15H2,(H2,25,27,28);1H. The van der Waals surface area contributed by atoms with Gasteiger partial charge >= 0.3 is 0 Å². The van der Waals surface area contributed by atoms with Crippen LogP contribution in [0, 0.1) is 0 Å². The number of hydrogen-bond donors (Lipinski definition) is 2. The Morgan fingerprint density at radius 2 is 1.55 bits per heavy atom. The van der Waals surface area contributed by atoms with Gasteiger partial charge in [-0.05, 0) is 60.5 Å². The van der Waals surface area contributed by atoms with E-state index >= 15 is 0 Å². The Labute approximate surface area is 199 Å². The molecule has 0 fully saturated rings. The zero-order valence-corrected chi connectivity index (χ0v) is 19.7. The lowest BCUT2D eigenvalue weighted by Crippen LogP contribution is -2.17. The molecule has 0 spiro atoms. The summed E-state index contributed by atoms with van der Waals surface area (Å²) in [5, 5.41) is 9.66. The third-order valence-corrected chi connectivity index (χ3v) is 6.02. The summed E-state index contributed by atoms with van der Waals surface area (Å²) in [7, 11) is -3.65. The van der Waals surface area contributed by atoms with Gasteiger partial charge in [-0.25, -0.2) is 13.6 Å². The van der Waals surface area contributed by atoms with E-state index in [4.69, 9.17) is 33.1 Å². The third-order valence-electron chi connectivity index (χ3n) is 4.50. The zero-order valence-electron chi connectivity index (χ0n) is 16.6. The van der Waals surface area contributed by atoms with E-state index in [1.807, 2.05) is 30.3 Å². The molecule has 3 aromatic carbocycles. The lowest BCUT2D eigenvalue weighted by Gasteiger charge is -2.10. The van der Waals surface area contributed by atoms with E-state index in [2.05, 4.69) is 5.32 Å². The van der Waals surface area contributed by atoms with Crippen LogP contribution in [0.25, 0.3) is 0 Å². The lowest BCUT2D eigenvalue weighted by molar-refractivity contribution is 0.306. The Bertz CT molecular complexity index is 1090. The van der Waals surface area contributed by atoms with Crippen molar-refractivity contribution in [2.75, 3.05) is 6.54 Å². The summed E-state index contributed by atoms with van der Waals surface area (Å²) >= 11 is 12.1. The number of nitrogens with two attached hydrogens (primary N) is 1. The van der Waals surface area contributed by atoms with Crippen molar-refractivity contribution in [2.24, 2.45) is 5.14 Å². The van der Waals surface area contributed by atoms with E-state index in [0.29, 0.717) is 16.7 Å². The highest BCUT2D eigenvalue weighted by Gasteiger charge is 2.06. The van der Waals surface area contributed by atoms with E-state index in [1.54, 1.807) is 24.3 Å². The number of hydrogen-bond acceptors (Lipinski definition) is 4. The summed E-state index contributed by atoms with van der Waals surface area (Å²) in [6, 6.07) is 19.8. The number of ether oxygens (including phenoxy) is 1. The second-order valence-electron chi connectivity index (χ2n) is 6.78. The van der Waals surface area contributed by atoms with Crippen molar-refractivity contribution in [1.29, 1.82) is 0 Å². The number of benzene rings is 3. The molecular formula is C22H23Cl3N2O3S. The molecule has 0 atom stereocenters. The monoisotopic (exact) mass is 500 g/mol. The van der Waals surface area contributed by atoms with Crippen molar-refractivity contribution in [2.45, 2.75) is 24.5 Å². The third kappa shape index (κ3) is 8.00. The van der Waals surface area contributed by atoms with Crippen molar-refractivity contribution in [1.82, 2.24) is 5.32 Å². The maximum Gasteiger partial charge on any atom is 0.238 e. The fourth-order valence-corrected chi connectivity index (χ4v) is 3.79. The van der Waals surface area contributed by atoms with Gasteiger partial charge in [-0.15, -0.1) is 12.4 Å². The molecule has 3 N–H and O–H groups in total. The molecule has 0 aliphatic carbocycles. The molecule has 166 valence electrons. The maximum absolute atomic E-state index is 11.3. The topological polar surface area (TPSA) is 81.4 Å². The first-order valence-corrected chi connectivity index (χ1v) is 11.6. The fourth-order valence-electron chi connectivity index (χ4n) is 2.81. The smallest absolute Gasteiger partial charge is 0.238 e. The molecule has 0 bridgehead atoms. The fraction of sp³-hybridized carbons (Fsp3) is 0.182. The highest BCUT2D eigenvalue weighted by molar-refractivity contribution is 7.89. The Balaban J connectivity index is 0.00000341. The van der Waals surface area contributed by atoms with Crippen LogP contribution < -0.4 is 15.2 Å². The van der Waals surface area contributed by atoms with E-state index < -0.39 is 10.0 Å². The van der Waals surface area contributed by atoms with Crippen molar-refractivity contribution in [3.05, 3.63) is 93.5 Å². The van der Waals surface area contributed by atoms with Gasteiger partial charge in [-0.3, -0.25) is 0 Å².